The van der Waals surface area contributed by atoms with Crippen molar-refractivity contribution in [1.29, 1.82) is 0 Å². The molecule has 2 heterocycles. The maximum absolute atomic E-state index is 12.1. The molecular formula is C19H14F6N4O5. The quantitative estimate of drug-likeness (QED) is 0.439. The number of amides is 2. The molecule has 1 aliphatic rings. The highest BCUT2D eigenvalue weighted by molar-refractivity contribution is 6.41. The lowest BCUT2D eigenvalue weighted by atomic mass is 10.1. The molecule has 0 saturated carbocycles. The number of fused-ring (bicyclic) bond motifs is 1. The average molecular weight is 492 g/mol. The van der Waals surface area contributed by atoms with Gasteiger partial charge in [-0.2, -0.15) is 26.3 Å². The van der Waals surface area contributed by atoms with Crippen molar-refractivity contribution in [3.63, 3.8) is 0 Å². The first kappa shape index (κ1) is 26.1. The molecule has 1 aromatic carbocycles. The molecule has 0 spiro atoms. The van der Waals surface area contributed by atoms with E-state index in [1.165, 1.54) is 6.20 Å². The third-order valence-corrected chi connectivity index (χ3v) is 3.93. The first-order valence-corrected chi connectivity index (χ1v) is 8.97. The summed E-state index contributed by atoms with van der Waals surface area (Å²) in [6.07, 6.45) is -10.0. The number of ketones is 2. The van der Waals surface area contributed by atoms with Crippen LogP contribution in [0.25, 0.3) is 0 Å². The molecule has 9 nitrogen and oxygen atoms in total. The van der Waals surface area contributed by atoms with Gasteiger partial charge in [0.2, 0.25) is 0 Å². The Morgan fingerprint density at radius 2 is 1.68 bits per heavy atom. The van der Waals surface area contributed by atoms with Crippen molar-refractivity contribution in [3.8, 4) is 5.75 Å². The molecule has 0 radical (unpaired) electrons. The van der Waals surface area contributed by atoms with Crippen LogP contribution in [0.3, 0.4) is 0 Å². The molecule has 2 aromatic rings. The van der Waals surface area contributed by atoms with Gasteiger partial charge in [-0.05, 0) is 29.8 Å². The predicted octanol–water partition coefficient (Wildman–Crippen LogP) is 2.17. The number of nitrogen functional groups attached to an aromatic ring is 1. The summed E-state index contributed by atoms with van der Waals surface area (Å²) in [5, 5.41) is 5.48. The van der Waals surface area contributed by atoms with Crippen molar-refractivity contribution in [2.45, 2.75) is 18.9 Å². The van der Waals surface area contributed by atoms with Gasteiger partial charge in [0.05, 0.1) is 11.3 Å². The molecule has 1 aromatic heterocycles. The van der Waals surface area contributed by atoms with E-state index in [1.54, 1.807) is 24.3 Å². The minimum absolute atomic E-state index is 0.0172. The number of benzene rings is 1. The van der Waals surface area contributed by atoms with Crippen molar-refractivity contribution in [2.24, 2.45) is 0 Å². The lowest BCUT2D eigenvalue weighted by molar-refractivity contribution is -0.193. The van der Waals surface area contributed by atoms with Crippen molar-refractivity contribution >= 4 is 34.9 Å². The number of nitrogens with one attached hydrogen (secondary N) is 2. The van der Waals surface area contributed by atoms with E-state index >= 15 is 0 Å². The number of pyridine rings is 1. The molecule has 4 N–H and O–H groups in total. The molecular weight excluding hydrogens is 478 g/mol. The van der Waals surface area contributed by atoms with E-state index in [0.717, 1.165) is 5.56 Å². The molecule has 0 aliphatic carbocycles. The molecule has 2 amide bonds. The number of halogens is 6. The zero-order valence-corrected chi connectivity index (χ0v) is 16.7. The maximum atomic E-state index is 12.1. The Morgan fingerprint density at radius 3 is 2.24 bits per heavy atom. The molecule has 15 heteroatoms. The van der Waals surface area contributed by atoms with Gasteiger partial charge in [0, 0.05) is 12.7 Å². The SMILES string of the molecule is Nc1ncccc1C(=O)NCc1ccc2c(c1)NC(=O)CO2.O=C(C(=O)C(F)(F)F)C(F)(F)F. The zero-order chi connectivity index (χ0) is 25.7. The third-order valence-electron chi connectivity index (χ3n) is 3.93. The van der Waals surface area contributed by atoms with Crippen LogP contribution >= 0.6 is 0 Å². The molecule has 0 unspecified atom stereocenters. The Hall–Kier alpha value is -4.17. The second kappa shape index (κ2) is 10.2. The molecule has 3 rings (SSSR count). The number of hydrogen-bond acceptors (Lipinski definition) is 7. The Kier molecular flexibility index (Phi) is 7.81. The fourth-order valence-corrected chi connectivity index (χ4v) is 2.38. The van der Waals surface area contributed by atoms with Crippen LogP contribution in [0.5, 0.6) is 5.75 Å². The second-order valence-electron chi connectivity index (χ2n) is 6.44. The van der Waals surface area contributed by atoms with Gasteiger partial charge in [-0.15, -0.1) is 0 Å². The Bertz CT molecular complexity index is 1090. The van der Waals surface area contributed by atoms with Crippen LogP contribution in [-0.4, -0.2) is 47.3 Å². The van der Waals surface area contributed by atoms with Gasteiger partial charge in [0.25, 0.3) is 11.8 Å². The zero-order valence-electron chi connectivity index (χ0n) is 16.7. The van der Waals surface area contributed by atoms with E-state index < -0.39 is 23.9 Å². The lowest BCUT2D eigenvalue weighted by Crippen LogP contribution is -2.39. The fourth-order valence-electron chi connectivity index (χ4n) is 2.38. The summed E-state index contributed by atoms with van der Waals surface area (Å²) < 4.78 is 72.2. The molecule has 1 aliphatic heterocycles. The van der Waals surface area contributed by atoms with Crippen LogP contribution in [0.1, 0.15) is 15.9 Å². The number of nitrogens with zero attached hydrogens (tertiary/aromatic N) is 1. The molecule has 0 atom stereocenters. The Morgan fingerprint density at radius 1 is 1.06 bits per heavy atom. The van der Waals surface area contributed by atoms with E-state index in [0.29, 0.717) is 23.5 Å². The summed E-state index contributed by atoms with van der Waals surface area (Å²) in [6, 6.07) is 8.60. The fraction of sp³-hybridized carbons (Fsp3) is 0.211. The van der Waals surface area contributed by atoms with Crippen LogP contribution in [0.2, 0.25) is 0 Å². The largest absolute Gasteiger partial charge is 0.482 e. The Balaban J connectivity index is 0.000000292. The number of anilines is 2. The summed E-state index contributed by atoms with van der Waals surface area (Å²) in [5.74, 6) is -6.51. The first-order valence-electron chi connectivity index (χ1n) is 8.97. The average Bonchev–Trinajstić information content (AvgIpc) is 2.75. The summed E-state index contributed by atoms with van der Waals surface area (Å²) in [6.45, 7) is 0.319. The number of ether oxygens (including phenoxy) is 1. The van der Waals surface area contributed by atoms with Crippen LogP contribution < -0.4 is 21.1 Å². The summed E-state index contributed by atoms with van der Waals surface area (Å²) >= 11 is 0. The second-order valence-corrected chi connectivity index (χ2v) is 6.44. The van der Waals surface area contributed by atoms with Crippen LogP contribution in [-0.2, 0) is 20.9 Å². The van der Waals surface area contributed by atoms with Gasteiger partial charge in [-0.3, -0.25) is 19.2 Å². The minimum Gasteiger partial charge on any atom is -0.482 e. The standard InChI is InChI=1S/C15H14N4O3.C4F6O2/c16-14-10(2-1-5-17-14)15(21)18-7-9-3-4-12-11(6-9)19-13(20)8-22-12;5-3(6,7)1(11)2(12)4(8,9)10/h1-6H,7-8H2,(H2,16,17)(H,18,21)(H,19,20);. The van der Waals surface area contributed by atoms with Crippen molar-refractivity contribution < 1.29 is 50.3 Å². The molecule has 0 saturated heterocycles. The predicted molar refractivity (Wildman–Crippen MR) is 103 cm³/mol. The highest BCUT2D eigenvalue weighted by Gasteiger charge is 2.54. The molecule has 182 valence electrons. The number of alkyl halides is 6. The molecule has 34 heavy (non-hydrogen) atoms. The topological polar surface area (TPSA) is 140 Å². The van der Waals surface area contributed by atoms with Crippen LogP contribution in [0.4, 0.5) is 37.8 Å². The highest BCUT2D eigenvalue weighted by atomic mass is 19.4. The third kappa shape index (κ3) is 6.91. The van der Waals surface area contributed by atoms with Gasteiger partial charge in [0.1, 0.15) is 11.6 Å². The number of carbonyl (C=O) groups is 4. The summed E-state index contributed by atoms with van der Waals surface area (Å²) in [4.78, 5) is 46.5. The van der Waals surface area contributed by atoms with Gasteiger partial charge in [0.15, 0.2) is 6.61 Å². The number of rotatable bonds is 4. The van der Waals surface area contributed by atoms with Crippen molar-refractivity contribution in [3.05, 3.63) is 47.7 Å². The minimum atomic E-state index is -5.77. The number of carbonyl (C=O) groups excluding carboxylic acids is 4. The van der Waals surface area contributed by atoms with Gasteiger partial charge in [-0.1, -0.05) is 6.07 Å². The van der Waals surface area contributed by atoms with Gasteiger partial charge < -0.3 is 21.1 Å². The van der Waals surface area contributed by atoms with Crippen molar-refractivity contribution in [2.75, 3.05) is 17.7 Å². The number of hydrogen-bond donors (Lipinski definition) is 3. The normalized spacial score (nSPS) is 12.8. The van der Waals surface area contributed by atoms with Gasteiger partial charge in [-0.25, -0.2) is 4.98 Å². The number of nitrogens with two attached hydrogens (primary N) is 1. The smallest absolute Gasteiger partial charge is 0.458 e. The van der Waals surface area contributed by atoms with Crippen molar-refractivity contribution in [1.82, 2.24) is 10.3 Å². The maximum Gasteiger partial charge on any atom is 0.458 e. The van der Waals surface area contributed by atoms with Crippen LogP contribution in [0, 0.1) is 0 Å². The van der Waals surface area contributed by atoms with Gasteiger partial charge >= 0.3 is 23.9 Å². The molecule has 0 bridgehead atoms. The number of Topliss-reactive ketones (excluding diaryl/α,β-unsaturated/α-hetero) is 2. The summed E-state index contributed by atoms with van der Waals surface area (Å²) in [7, 11) is 0. The first-order chi connectivity index (χ1) is 15.7. The van der Waals surface area contributed by atoms with E-state index in [2.05, 4.69) is 15.6 Å². The Labute approximate surface area is 186 Å². The van der Waals surface area contributed by atoms with E-state index in [-0.39, 0.29) is 24.2 Å². The van der Waals surface area contributed by atoms with E-state index in [9.17, 15) is 45.5 Å². The highest BCUT2D eigenvalue weighted by Crippen LogP contribution is 2.28. The lowest BCUT2D eigenvalue weighted by Gasteiger charge is -2.18. The molecule has 0 fully saturated rings. The van der Waals surface area contributed by atoms with E-state index in [4.69, 9.17) is 10.5 Å². The summed E-state index contributed by atoms with van der Waals surface area (Å²) in [5.41, 5.74) is 7.43. The van der Waals surface area contributed by atoms with E-state index in [1.807, 2.05) is 6.07 Å². The monoisotopic (exact) mass is 492 g/mol. The number of aromatic nitrogens is 1. The van der Waals surface area contributed by atoms with Crippen LogP contribution in [0.15, 0.2) is 36.5 Å².